The zero-order chi connectivity index (χ0) is 20.3. The summed E-state index contributed by atoms with van der Waals surface area (Å²) in [5.74, 6) is 0.651. The van der Waals surface area contributed by atoms with Gasteiger partial charge in [0.2, 0.25) is 5.91 Å². The van der Waals surface area contributed by atoms with E-state index in [0.29, 0.717) is 17.2 Å². The van der Waals surface area contributed by atoms with Gasteiger partial charge in [-0.05, 0) is 36.8 Å². The number of carbonyl (C=O) groups is 2. The molecule has 1 aliphatic rings. The molecule has 1 N–H and O–H groups in total. The quantitative estimate of drug-likeness (QED) is 0.807. The Morgan fingerprint density at radius 1 is 1.11 bits per heavy atom. The number of sulfone groups is 1. The van der Waals surface area contributed by atoms with Crippen LogP contribution in [-0.4, -0.2) is 49.1 Å². The molecule has 0 spiro atoms. The first-order valence-electron chi connectivity index (χ1n) is 8.81. The van der Waals surface area contributed by atoms with Crippen LogP contribution in [0.2, 0.25) is 0 Å². The molecule has 3 rings (SSSR count). The highest BCUT2D eigenvalue weighted by molar-refractivity contribution is 7.99. The summed E-state index contributed by atoms with van der Waals surface area (Å²) in [7, 11) is -3.26. The highest BCUT2D eigenvalue weighted by Crippen LogP contribution is 2.24. The van der Waals surface area contributed by atoms with Crippen molar-refractivity contribution < 1.29 is 18.0 Å². The normalized spacial score (nSPS) is 17.9. The van der Waals surface area contributed by atoms with E-state index in [4.69, 9.17) is 0 Å². The van der Waals surface area contributed by atoms with Crippen molar-refractivity contribution in [1.29, 1.82) is 0 Å². The van der Waals surface area contributed by atoms with Gasteiger partial charge in [0.05, 0.1) is 16.8 Å². The largest absolute Gasteiger partial charge is 0.348 e. The molecular weight excluding hydrogens is 396 g/mol. The molecule has 0 bridgehead atoms. The summed E-state index contributed by atoms with van der Waals surface area (Å²) in [4.78, 5) is 27.3. The van der Waals surface area contributed by atoms with Gasteiger partial charge < -0.3 is 10.2 Å². The van der Waals surface area contributed by atoms with Crippen molar-refractivity contribution in [1.82, 2.24) is 10.2 Å². The summed E-state index contributed by atoms with van der Waals surface area (Å²) < 4.78 is 23.1. The molecule has 0 saturated carbocycles. The summed E-state index contributed by atoms with van der Waals surface area (Å²) in [6.07, 6.45) is 1.16. The van der Waals surface area contributed by atoms with Crippen LogP contribution in [0.25, 0.3) is 0 Å². The van der Waals surface area contributed by atoms with Crippen LogP contribution in [-0.2, 0) is 14.6 Å². The first kappa shape index (κ1) is 20.4. The molecular formula is C20H22N2O4S2. The molecule has 0 aliphatic carbocycles. The molecule has 6 nitrogen and oxygen atoms in total. The van der Waals surface area contributed by atoms with Crippen LogP contribution in [0.5, 0.6) is 0 Å². The van der Waals surface area contributed by atoms with Crippen LogP contribution >= 0.6 is 11.8 Å². The maximum absolute atomic E-state index is 12.8. The van der Waals surface area contributed by atoms with E-state index in [0.717, 1.165) is 11.8 Å². The van der Waals surface area contributed by atoms with Gasteiger partial charge in [-0.15, -0.1) is 11.8 Å². The summed E-state index contributed by atoms with van der Waals surface area (Å²) in [6.45, 7) is 1.83. The third kappa shape index (κ3) is 4.56. The predicted molar refractivity (Wildman–Crippen MR) is 110 cm³/mol. The van der Waals surface area contributed by atoms with Crippen molar-refractivity contribution in [2.45, 2.75) is 23.9 Å². The molecule has 1 fully saturated rings. The number of nitrogens with zero attached hydrogens (tertiary/aromatic N) is 1. The first-order valence-corrected chi connectivity index (χ1v) is 11.9. The van der Waals surface area contributed by atoms with E-state index in [1.54, 1.807) is 53.1 Å². The second-order valence-electron chi connectivity index (χ2n) is 6.73. The number of hydrogen-bond donors (Lipinski definition) is 1. The molecule has 8 heteroatoms. The smallest absolute Gasteiger partial charge is 0.255 e. The molecule has 0 radical (unpaired) electrons. The Morgan fingerprint density at radius 2 is 1.75 bits per heavy atom. The minimum atomic E-state index is -3.26. The highest BCUT2D eigenvalue weighted by Gasteiger charge is 2.35. The Labute approximate surface area is 169 Å². The number of nitrogens with one attached hydrogen (secondary N) is 1. The topological polar surface area (TPSA) is 83.6 Å². The highest BCUT2D eigenvalue weighted by atomic mass is 32.2. The van der Waals surface area contributed by atoms with Crippen LogP contribution in [0.15, 0.2) is 59.5 Å². The molecule has 2 aromatic rings. The molecule has 2 aromatic carbocycles. The predicted octanol–water partition coefficient (Wildman–Crippen LogP) is 2.48. The van der Waals surface area contributed by atoms with Crippen molar-refractivity contribution in [3.05, 3.63) is 65.7 Å². The lowest BCUT2D eigenvalue weighted by Gasteiger charge is -2.25. The fourth-order valence-electron chi connectivity index (χ4n) is 3.00. The fourth-order valence-corrected chi connectivity index (χ4v) is 4.79. The minimum absolute atomic E-state index is 0.157. The van der Waals surface area contributed by atoms with Gasteiger partial charge in [0.1, 0.15) is 6.04 Å². The van der Waals surface area contributed by atoms with Crippen molar-refractivity contribution in [2.75, 3.05) is 17.9 Å². The maximum Gasteiger partial charge on any atom is 0.255 e. The molecule has 1 saturated heterocycles. The molecule has 1 heterocycles. The van der Waals surface area contributed by atoms with E-state index in [9.17, 15) is 18.0 Å². The molecule has 1 unspecified atom stereocenters. The van der Waals surface area contributed by atoms with Crippen molar-refractivity contribution in [3.63, 3.8) is 0 Å². The van der Waals surface area contributed by atoms with Gasteiger partial charge in [-0.3, -0.25) is 9.59 Å². The zero-order valence-electron chi connectivity index (χ0n) is 15.7. The molecule has 28 heavy (non-hydrogen) atoms. The standard InChI is InChI=1S/C20H22N2O4S2/c1-14(15-8-10-17(11-9-15)28(2,25)26)21-19(23)18-12-27-13-22(18)20(24)16-6-4-3-5-7-16/h3-11,14,18H,12-13H2,1-2H3,(H,21,23)/t14?,18-/m0/s1. The van der Waals surface area contributed by atoms with Crippen LogP contribution in [0.1, 0.15) is 28.9 Å². The van der Waals surface area contributed by atoms with E-state index in [1.165, 1.54) is 12.1 Å². The van der Waals surface area contributed by atoms with E-state index >= 15 is 0 Å². The van der Waals surface area contributed by atoms with Gasteiger partial charge in [-0.2, -0.15) is 0 Å². The Balaban J connectivity index is 1.68. The first-order chi connectivity index (χ1) is 13.3. The van der Waals surface area contributed by atoms with E-state index in [1.807, 2.05) is 13.0 Å². The van der Waals surface area contributed by atoms with Gasteiger partial charge in [0.25, 0.3) is 5.91 Å². The Morgan fingerprint density at radius 3 is 2.36 bits per heavy atom. The fraction of sp³-hybridized carbons (Fsp3) is 0.300. The van der Waals surface area contributed by atoms with Gasteiger partial charge in [-0.1, -0.05) is 30.3 Å². The molecule has 148 valence electrons. The molecule has 2 amide bonds. The maximum atomic E-state index is 12.8. The summed E-state index contributed by atoms with van der Waals surface area (Å²) in [5, 5.41) is 2.94. The Kier molecular flexibility index (Phi) is 6.10. The van der Waals surface area contributed by atoms with Gasteiger partial charge in [0.15, 0.2) is 9.84 Å². The summed E-state index contributed by atoms with van der Waals surface area (Å²) in [5.41, 5.74) is 1.36. The number of hydrogen-bond acceptors (Lipinski definition) is 5. The monoisotopic (exact) mass is 418 g/mol. The molecule has 0 aromatic heterocycles. The molecule has 2 atom stereocenters. The minimum Gasteiger partial charge on any atom is -0.348 e. The summed E-state index contributed by atoms with van der Waals surface area (Å²) in [6, 6.07) is 14.5. The van der Waals surface area contributed by atoms with Crippen molar-refractivity contribution in [3.8, 4) is 0 Å². The lowest BCUT2D eigenvalue weighted by Crippen LogP contribution is -2.47. The molecule has 1 aliphatic heterocycles. The van der Waals surface area contributed by atoms with Gasteiger partial charge in [-0.25, -0.2) is 8.42 Å². The van der Waals surface area contributed by atoms with Crippen LogP contribution in [0, 0.1) is 0 Å². The van der Waals surface area contributed by atoms with Crippen LogP contribution < -0.4 is 5.32 Å². The van der Waals surface area contributed by atoms with Crippen molar-refractivity contribution >= 4 is 33.4 Å². The third-order valence-electron chi connectivity index (χ3n) is 4.63. The number of rotatable bonds is 5. The third-order valence-corrected chi connectivity index (χ3v) is 6.77. The van der Waals surface area contributed by atoms with Crippen LogP contribution in [0.4, 0.5) is 0 Å². The average molecular weight is 419 g/mol. The lowest BCUT2D eigenvalue weighted by molar-refractivity contribution is -0.125. The number of amides is 2. The van der Waals surface area contributed by atoms with Gasteiger partial charge in [0, 0.05) is 17.6 Å². The van der Waals surface area contributed by atoms with Gasteiger partial charge >= 0.3 is 0 Å². The summed E-state index contributed by atoms with van der Waals surface area (Å²) >= 11 is 1.55. The van der Waals surface area contributed by atoms with Crippen LogP contribution in [0.3, 0.4) is 0 Å². The lowest BCUT2D eigenvalue weighted by atomic mass is 10.1. The average Bonchev–Trinajstić information content (AvgIpc) is 3.17. The SMILES string of the molecule is CC(NC(=O)[C@@H]1CSCN1C(=O)c1ccccc1)c1ccc(S(C)(=O)=O)cc1. The second kappa shape index (κ2) is 8.36. The number of thioether (sulfide) groups is 1. The van der Waals surface area contributed by atoms with E-state index in [-0.39, 0.29) is 22.8 Å². The zero-order valence-corrected chi connectivity index (χ0v) is 17.3. The van der Waals surface area contributed by atoms with E-state index in [2.05, 4.69) is 5.32 Å². The number of carbonyl (C=O) groups excluding carboxylic acids is 2. The Bertz CT molecular complexity index is 959. The second-order valence-corrected chi connectivity index (χ2v) is 9.74. The number of benzene rings is 2. The van der Waals surface area contributed by atoms with E-state index < -0.39 is 15.9 Å². The Hall–Kier alpha value is -2.32. The van der Waals surface area contributed by atoms with Crippen molar-refractivity contribution in [2.24, 2.45) is 0 Å².